The minimum absolute atomic E-state index is 0.486. The van der Waals surface area contributed by atoms with Crippen molar-refractivity contribution in [2.45, 2.75) is 0 Å². The number of hydrogen-bond acceptors (Lipinski definition) is 0. The molecule has 0 spiro atoms. The minimum atomic E-state index is -0.545. The highest BCUT2D eigenvalue weighted by molar-refractivity contribution is 6.08. The Kier molecular flexibility index (Phi) is 1.78. The largest absolute Gasteiger partial charge is 0.343 e. The fourth-order valence-corrected chi connectivity index (χ4v) is 2.20. The molecule has 0 aliphatic rings. The lowest BCUT2D eigenvalue weighted by Gasteiger charge is -1.97. The predicted molar refractivity (Wildman–Crippen MR) is 60.3 cm³/mol. The molecule has 0 amide bonds. The number of halogens is 2. The zero-order valence-electron chi connectivity index (χ0n) is 8.67. The summed E-state index contributed by atoms with van der Waals surface area (Å²) in [5.41, 5.74) is 1.49. The van der Waals surface area contributed by atoms with Crippen LogP contribution in [0.3, 0.4) is 0 Å². The first-order chi connectivity index (χ1) is 7.68. The number of benzene rings is 2. The molecule has 0 saturated carbocycles. The molecule has 2 aromatic carbocycles. The zero-order valence-corrected chi connectivity index (χ0v) is 8.67. The molecule has 0 aliphatic heterocycles. The first kappa shape index (κ1) is 9.33. The normalized spacial score (nSPS) is 11.4. The molecular formula is C13H9F2N. The molecule has 80 valence electrons. The van der Waals surface area contributed by atoms with Crippen LogP contribution in [-0.4, -0.2) is 4.57 Å². The summed E-state index contributed by atoms with van der Waals surface area (Å²) in [6.07, 6.45) is 0. The quantitative estimate of drug-likeness (QED) is 0.542. The third-order valence-electron chi connectivity index (χ3n) is 2.93. The van der Waals surface area contributed by atoms with Crippen LogP contribution in [0.15, 0.2) is 36.4 Å². The standard InChI is InChI=1S/C13H9F2N/c1-16-11-5-3-2-4-9(11)13-10(15)6-8(14)7-12(13)16/h2-7H,1H3. The maximum absolute atomic E-state index is 13.7. The lowest BCUT2D eigenvalue weighted by atomic mass is 10.1. The molecule has 0 fully saturated rings. The highest BCUT2D eigenvalue weighted by Gasteiger charge is 2.12. The van der Waals surface area contributed by atoms with E-state index in [9.17, 15) is 8.78 Å². The third kappa shape index (κ3) is 1.08. The van der Waals surface area contributed by atoms with Crippen LogP contribution in [-0.2, 0) is 7.05 Å². The Hall–Kier alpha value is -1.90. The van der Waals surface area contributed by atoms with E-state index in [-0.39, 0.29) is 0 Å². The second-order valence-corrected chi connectivity index (χ2v) is 3.86. The van der Waals surface area contributed by atoms with Crippen LogP contribution < -0.4 is 0 Å². The molecule has 1 aromatic heterocycles. The van der Waals surface area contributed by atoms with Crippen molar-refractivity contribution in [2.75, 3.05) is 0 Å². The molecule has 3 heteroatoms. The number of aryl methyl sites for hydroxylation is 1. The fourth-order valence-electron chi connectivity index (χ4n) is 2.20. The number of nitrogens with zero attached hydrogens (tertiary/aromatic N) is 1. The van der Waals surface area contributed by atoms with Crippen LogP contribution in [0.4, 0.5) is 8.78 Å². The minimum Gasteiger partial charge on any atom is -0.343 e. The van der Waals surface area contributed by atoms with Crippen molar-refractivity contribution in [3.05, 3.63) is 48.0 Å². The van der Waals surface area contributed by atoms with Crippen molar-refractivity contribution in [3.63, 3.8) is 0 Å². The van der Waals surface area contributed by atoms with Crippen LogP contribution in [0, 0.1) is 11.6 Å². The number of fused-ring (bicyclic) bond motifs is 3. The average molecular weight is 217 g/mol. The van der Waals surface area contributed by atoms with E-state index in [2.05, 4.69) is 0 Å². The van der Waals surface area contributed by atoms with Gasteiger partial charge in [-0.15, -0.1) is 0 Å². The molecular weight excluding hydrogens is 208 g/mol. The Balaban J connectivity index is 2.67. The number of para-hydroxylation sites is 1. The van der Waals surface area contributed by atoms with E-state index >= 15 is 0 Å². The second kappa shape index (κ2) is 3.04. The zero-order chi connectivity index (χ0) is 11.3. The number of hydrogen-bond donors (Lipinski definition) is 0. The summed E-state index contributed by atoms with van der Waals surface area (Å²) in [6.45, 7) is 0. The Morgan fingerprint density at radius 3 is 2.56 bits per heavy atom. The van der Waals surface area contributed by atoms with E-state index in [1.54, 1.807) is 4.57 Å². The first-order valence-corrected chi connectivity index (χ1v) is 5.00. The summed E-state index contributed by atoms with van der Waals surface area (Å²) in [6, 6.07) is 9.76. The van der Waals surface area contributed by atoms with Crippen LogP contribution in [0.5, 0.6) is 0 Å². The molecule has 0 bridgehead atoms. The summed E-state index contributed by atoms with van der Waals surface area (Å²) in [4.78, 5) is 0. The van der Waals surface area contributed by atoms with Gasteiger partial charge in [-0.3, -0.25) is 0 Å². The van der Waals surface area contributed by atoms with Crippen molar-refractivity contribution in [1.29, 1.82) is 0 Å². The lowest BCUT2D eigenvalue weighted by molar-refractivity contribution is 0.592. The molecule has 0 aliphatic carbocycles. The summed E-state index contributed by atoms with van der Waals surface area (Å²) in [5, 5.41) is 1.30. The second-order valence-electron chi connectivity index (χ2n) is 3.86. The third-order valence-corrected chi connectivity index (χ3v) is 2.93. The van der Waals surface area contributed by atoms with E-state index in [1.807, 2.05) is 31.3 Å². The topological polar surface area (TPSA) is 4.93 Å². The molecule has 0 atom stereocenters. The summed E-state index contributed by atoms with van der Waals surface area (Å²) < 4.78 is 28.7. The monoisotopic (exact) mass is 217 g/mol. The molecule has 3 aromatic rings. The van der Waals surface area contributed by atoms with E-state index < -0.39 is 11.6 Å². The van der Waals surface area contributed by atoms with Gasteiger partial charge in [0.2, 0.25) is 0 Å². The van der Waals surface area contributed by atoms with E-state index in [1.165, 1.54) is 6.07 Å². The number of aromatic nitrogens is 1. The first-order valence-electron chi connectivity index (χ1n) is 5.00. The summed E-state index contributed by atoms with van der Waals surface area (Å²) >= 11 is 0. The van der Waals surface area contributed by atoms with Crippen molar-refractivity contribution < 1.29 is 8.78 Å². The summed E-state index contributed by atoms with van der Waals surface area (Å²) in [5.74, 6) is -1.05. The molecule has 1 heterocycles. The molecule has 0 radical (unpaired) electrons. The van der Waals surface area contributed by atoms with Crippen molar-refractivity contribution >= 4 is 21.8 Å². The van der Waals surface area contributed by atoms with Gasteiger partial charge in [0.25, 0.3) is 0 Å². The predicted octanol–water partition coefficient (Wildman–Crippen LogP) is 3.61. The van der Waals surface area contributed by atoms with E-state index in [4.69, 9.17) is 0 Å². The van der Waals surface area contributed by atoms with Gasteiger partial charge in [-0.05, 0) is 12.1 Å². The summed E-state index contributed by atoms with van der Waals surface area (Å²) in [7, 11) is 1.81. The van der Waals surface area contributed by atoms with Gasteiger partial charge in [0.15, 0.2) is 0 Å². The Bertz CT molecular complexity index is 698. The van der Waals surface area contributed by atoms with Gasteiger partial charge in [-0.25, -0.2) is 8.78 Å². The van der Waals surface area contributed by atoms with Gasteiger partial charge in [0.1, 0.15) is 11.6 Å². The van der Waals surface area contributed by atoms with Crippen LogP contribution in [0.2, 0.25) is 0 Å². The van der Waals surface area contributed by atoms with Crippen molar-refractivity contribution in [3.8, 4) is 0 Å². The van der Waals surface area contributed by atoms with Gasteiger partial charge in [-0.2, -0.15) is 0 Å². The Labute approximate surface area is 90.9 Å². The average Bonchev–Trinajstić information content (AvgIpc) is 2.54. The number of rotatable bonds is 0. The fraction of sp³-hybridized carbons (Fsp3) is 0.0769. The molecule has 0 saturated heterocycles. The van der Waals surface area contributed by atoms with E-state index in [0.717, 1.165) is 17.0 Å². The van der Waals surface area contributed by atoms with Gasteiger partial charge >= 0.3 is 0 Å². The smallest absolute Gasteiger partial charge is 0.136 e. The van der Waals surface area contributed by atoms with Crippen molar-refractivity contribution in [1.82, 2.24) is 4.57 Å². The Morgan fingerprint density at radius 1 is 1.00 bits per heavy atom. The lowest BCUT2D eigenvalue weighted by Crippen LogP contribution is -1.88. The van der Waals surface area contributed by atoms with Crippen molar-refractivity contribution in [2.24, 2.45) is 7.05 Å². The van der Waals surface area contributed by atoms with Crippen LogP contribution >= 0.6 is 0 Å². The van der Waals surface area contributed by atoms with Gasteiger partial charge < -0.3 is 4.57 Å². The van der Waals surface area contributed by atoms with Gasteiger partial charge in [-0.1, -0.05) is 18.2 Å². The maximum atomic E-state index is 13.7. The highest BCUT2D eigenvalue weighted by atomic mass is 19.1. The highest BCUT2D eigenvalue weighted by Crippen LogP contribution is 2.30. The van der Waals surface area contributed by atoms with Crippen LogP contribution in [0.25, 0.3) is 21.8 Å². The SMILES string of the molecule is Cn1c2ccccc2c2c(F)cc(F)cc21. The molecule has 0 unspecified atom stereocenters. The van der Waals surface area contributed by atoms with E-state index in [0.29, 0.717) is 10.9 Å². The molecule has 16 heavy (non-hydrogen) atoms. The maximum Gasteiger partial charge on any atom is 0.136 e. The van der Waals surface area contributed by atoms with Crippen LogP contribution in [0.1, 0.15) is 0 Å². The molecule has 0 N–H and O–H groups in total. The Morgan fingerprint density at radius 2 is 1.75 bits per heavy atom. The van der Waals surface area contributed by atoms with Gasteiger partial charge in [0, 0.05) is 29.4 Å². The van der Waals surface area contributed by atoms with Gasteiger partial charge in [0.05, 0.1) is 5.52 Å². The molecule has 3 rings (SSSR count). The molecule has 1 nitrogen and oxygen atoms in total.